The fourth-order valence-electron chi connectivity index (χ4n) is 2.91. The van der Waals surface area contributed by atoms with Crippen LogP contribution < -0.4 is 5.32 Å². The quantitative estimate of drug-likeness (QED) is 0.755. The summed E-state index contributed by atoms with van der Waals surface area (Å²) in [5, 5.41) is 3.82. The van der Waals surface area contributed by atoms with Gasteiger partial charge in [0.1, 0.15) is 0 Å². The third kappa shape index (κ3) is 3.18. The van der Waals surface area contributed by atoms with E-state index in [1.807, 2.05) is 7.11 Å². The van der Waals surface area contributed by atoms with Crippen LogP contribution in [0.3, 0.4) is 0 Å². The first-order valence-electron chi connectivity index (χ1n) is 6.62. The van der Waals surface area contributed by atoms with Crippen LogP contribution in [-0.4, -0.2) is 25.3 Å². The summed E-state index contributed by atoms with van der Waals surface area (Å²) in [6.45, 7) is 2.29. The van der Waals surface area contributed by atoms with Gasteiger partial charge in [0.15, 0.2) is 0 Å². The van der Waals surface area contributed by atoms with Crippen LogP contribution in [-0.2, 0) is 4.74 Å². The van der Waals surface area contributed by atoms with Crippen molar-refractivity contribution in [1.29, 1.82) is 0 Å². The maximum absolute atomic E-state index is 5.39. The largest absolute Gasteiger partial charge is 0.381 e. The molecule has 2 aliphatic carbocycles. The van der Waals surface area contributed by atoms with E-state index in [1.54, 1.807) is 0 Å². The van der Waals surface area contributed by atoms with Crippen molar-refractivity contribution in [2.24, 2.45) is 5.92 Å². The monoisotopic (exact) mass is 211 g/mol. The van der Waals surface area contributed by atoms with Crippen molar-refractivity contribution in [2.75, 3.05) is 7.11 Å². The molecule has 0 aromatic rings. The fraction of sp³-hybridized carbons (Fsp3) is 1.00. The molecule has 2 saturated carbocycles. The van der Waals surface area contributed by atoms with Crippen LogP contribution in [0.1, 0.15) is 51.9 Å². The first-order chi connectivity index (χ1) is 7.33. The molecule has 0 aliphatic heterocycles. The van der Waals surface area contributed by atoms with Crippen LogP contribution in [0.2, 0.25) is 0 Å². The third-order valence-electron chi connectivity index (χ3n) is 4.04. The van der Waals surface area contributed by atoms with Gasteiger partial charge in [0.2, 0.25) is 0 Å². The van der Waals surface area contributed by atoms with E-state index in [4.69, 9.17) is 4.74 Å². The van der Waals surface area contributed by atoms with E-state index in [0.717, 1.165) is 18.0 Å². The second-order valence-corrected chi connectivity index (χ2v) is 5.27. The van der Waals surface area contributed by atoms with Crippen LogP contribution in [0.25, 0.3) is 0 Å². The minimum Gasteiger partial charge on any atom is -0.381 e. The summed E-state index contributed by atoms with van der Waals surface area (Å²) in [6.07, 6.45) is 9.86. The third-order valence-corrected chi connectivity index (χ3v) is 4.04. The van der Waals surface area contributed by atoms with Crippen molar-refractivity contribution in [3.63, 3.8) is 0 Å². The highest BCUT2D eigenvalue weighted by atomic mass is 16.5. The van der Waals surface area contributed by atoms with Crippen molar-refractivity contribution in [1.82, 2.24) is 5.32 Å². The molecule has 0 aromatic heterocycles. The maximum atomic E-state index is 5.39. The molecule has 1 N–H and O–H groups in total. The van der Waals surface area contributed by atoms with Gasteiger partial charge in [0.25, 0.3) is 0 Å². The number of methoxy groups -OCH3 is 1. The van der Waals surface area contributed by atoms with Gasteiger partial charge in [-0.05, 0) is 44.4 Å². The number of ether oxygens (including phenoxy) is 1. The van der Waals surface area contributed by atoms with Gasteiger partial charge < -0.3 is 10.1 Å². The minimum atomic E-state index is 0.536. The zero-order valence-electron chi connectivity index (χ0n) is 10.2. The molecule has 88 valence electrons. The normalized spacial score (nSPS) is 40.4. The summed E-state index contributed by atoms with van der Waals surface area (Å²) in [7, 11) is 1.84. The molecule has 2 atom stereocenters. The van der Waals surface area contributed by atoms with Gasteiger partial charge in [-0.25, -0.2) is 0 Å². The van der Waals surface area contributed by atoms with Crippen LogP contribution in [0.15, 0.2) is 0 Å². The smallest absolute Gasteiger partial charge is 0.0572 e. The molecule has 2 aliphatic rings. The van der Waals surface area contributed by atoms with Crippen molar-refractivity contribution in [3.8, 4) is 0 Å². The Bertz CT molecular complexity index is 187. The lowest BCUT2D eigenvalue weighted by molar-refractivity contribution is 0.0622. The van der Waals surface area contributed by atoms with Gasteiger partial charge in [-0.3, -0.25) is 0 Å². The van der Waals surface area contributed by atoms with E-state index in [-0.39, 0.29) is 0 Å². The highest BCUT2D eigenvalue weighted by molar-refractivity contribution is 4.95. The molecule has 0 heterocycles. The molecule has 0 bridgehead atoms. The Labute approximate surface area is 93.8 Å². The van der Waals surface area contributed by atoms with Gasteiger partial charge in [-0.1, -0.05) is 13.3 Å². The van der Waals surface area contributed by atoms with E-state index in [9.17, 15) is 0 Å². The van der Waals surface area contributed by atoms with Gasteiger partial charge in [-0.15, -0.1) is 0 Å². The molecule has 0 aromatic carbocycles. The second-order valence-electron chi connectivity index (χ2n) is 5.27. The molecule has 2 rings (SSSR count). The molecule has 2 nitrogen and oxygen atoms in total. The summed E-state index contributed by atoms with van der Waals surface area (Å²) in [5.74, 6) is 0.996. The molecular formula is C13H25NO. The number of nitrogens with one attached hydrogen (secondary N) is 1. The Morgan fingerprint density at radius 2 is 1.93 bits per heavy atom. The van der Waals surface area contributed by atoms with Crippen LogP contribution in [0.5, 0.6) is 0 Å². The standard InChI is InChI=1S/C13H25NO/c1-3-4-10-9-13(10)14-11-5-7-12(15-2)8-6-11/h10-14H,3-9H2,1-2H3. The first-order valence-corrected chi connectivity index (χ1v) is 6.62. The van der Waals surface area contributed by atoms with Crippen molar-refractivity contribution in [3.05, 3.63) is 0 Å². The van der Waals surface area contributed by atoms with Crippen LogP contribution in [0.4, 0.5) is 0 Å². The van der Waals surface area contributed by atoms with Crippen LogP contribution in [0, 0.1) is 5.92 Å². The molecule has 0 saturated heterocycles. The summed E-state index contributed by atoms with van der Waals surface area (Å²) in [4.78, 5) is 0. The lowest BCUT2D eigenvalue weighted by Crippen LogP contribution is -2.37. The molecule has 2 unspecified atom stereocenters. The molecule has 0 spiro atoms. The van der Waals surface area contributed by atoms with Crippen molar-refractivity contribution >= 4 is 0 Å². The summed E-state index contributed by atoms with van der Waals surface area (Å²) >= 11 is 0. The van der Waals surface area contributed by atoms with E-state index in [2.05, 4.69) is 12.2 Å². The lowest BCUT2D eigenvalue weighted by Gasteiger charge is -2.28. The summed E-state index contributed by atoms with van der Waals surface area (Å²) < 4.78 is 5.39. The Morgan fingerprint density at radius 3 is 2.53 bits per heavy atom. The van der Waals surface area contributed by atoms with E-state index in [0.29, 0.717) is 6.10 Å². The van der Waals surface area contributed by atoms with Gasteiger partial charge in [0, 0.05) is 19.2 Å². The highest BCUT2D eigenvalue weighted by Gasteiger charge is 2.37. The summed E-state index contributed by atoms with van der Waals surface area (Å²) in [5.41, 5.74) is 0. The Balaban J connectivity index is 1.61. The molecule has 2 heteroatoms. The van der Waals surface area contributed by atoms with Crippen molar-refractivity contribution in [2.45, 2.75) is 70.1 Å². The predicted octanol–water partition coefficient (Wildman–Crippen LogP) is 2.72. The molecule has 2 fully saturated rings. The van der Waals surface area contributed by atoms with Gasteiger partial charge in [-0.2, -0.15) is 0 Å². The zero-order chi connectivity index (χ0) is 10.7. The Hall–Kier alpha value is -0.0800. The molecule has 0 amide bonds. The number of rotatable bonds is 5. The number of hydrogen-bond donors (Lipinski definition) is 1. The van der Waals surface area contributed by atoms with Crippen molar-refractivity contribution < 1.29 is 4.74 Å². The minimum absolute atomic E-state index is 0.536. The van der Waals surface area contributed by atoms with E-state index in [1.165, 1.54) is 44.9 Å². The topological polar surface area (TPSA) is 21.3 Å². The Kier molecular flexibility index (Phi) is 4.04. The van der Waals surface area contributed by atoms with Gasteiger partial charge in [0.05, 0.1) is 6.10 Å². The lowest BCUT2D eigenvalue weighted by atomic mass is 9.93. The average Bonchev–Trinajstić information content (AvgIpc) is 2.98. The molecule has 0 radical (unpaired) electrons. The fourth-order valence-corrected chi connectivity index (χ4v) is 2.91. The van der Waals surface area contributed by atoms with Gasteiger partial charge >= 0.3 is 0 Å². The van der Waals surface area contributed by atoms with E-state index < -0.39 is 0 Å². The first kappa shape index (κ1) is 11.4. The average molecular weight is 211 g/mol. The SMILES string of the molecule is CCCC1CC1NC1CCC(OC)CC1. The molecular weight excluding hydrogens is 186 g/mol. The van der Waals surface area contributed by atoms with E-state index >= 15 is 0 Å². The van der Waals surface area contributed by atoms with Crippen LogP contribution >= 0.6 is 0 Å². The summed E-state index contributed by atoms with van der Waals surface area (Å²) in [6, 6.07) is 1.64. The zero-order valence-corrected chi connectivity index (χ0v) is 10.2. The Morgan fingerprint density at radius 1 is 1.20 bits per heavy atom. The number of hydrogen-bond acceptors (Lipinski definition) is 2. The maximum Gasteiger partial charge on any atom is 0.0572 e. The molecule has 15 heavy (non-hydrogen) atoms. The second kappa shape index (κ2) is 5.31. The highest BCUT2D eigenvalue weighted by Crippen LogP contribution is 2.36. The predicted molar refractivity (Wildman–Crippen MR) is 63.0 cm³/mol.